The summed E-state index contributed by atoms with van der Waals surface area (Å²) >= 11 is 0. The van der Waals surface area contributed by atoms with Crippen LogP contribution in [0.25, 0.3) is 11.4 Å². The molecule has 1 heterocycles. The summed E-state index contributed by atoms with van der Waals surface area (Å²) in [7, 11) is 0. The SMILES string of the molecule is Nc1cccc(-c2nccc(C3CCCC3)n2)c1. The van der Waals surface area contributed by atoms with Crippen LogP contribution in [0.1, 0.15) is 37.3 Å². The minimum Gasteiger partial charge on any atom is -0.399 e. The van der Waals surface area contributed by atoms with Crippen molar-refractivity contribution in [2.45, 2.75) is 31.6 Å². The largest absolute Gasteiger partial charge is 0.399 e. The van der Waals surface area contributed by atoms with E-state index in [0.29, 0.717) is 5.92 Å². The lowest BCUT2D eigenvalue weighted by Crippen LogP contribution is -1.99. The van der Waals surface area contributed by atoms with Crippen molar-refractivity contribution in [3.63, 3.8) is 0 Å². The van der Waals surface area contributed by atoms with Gasteiger partial charge in [-0.3, -0.25) is 0 Å². The van der Waals surface area contributed by atoms with Crippen LogP contribution in [-0.2, 0) is 0 Å². The van der Waals surface area contributed by atoms with Crippen molar-refractivity contribution in [2.24, 2.45) is 0 Å². The number of hydrogen-bond acceptors (Lipinski definition) is 3. The van der Waals surface area contributed by atoms with Crippen molar-refractivity contribution >= 4 is 5.69 Å². The summed E-state index contributed by atoms with van der Waals surface area (Å²) < 4.78 is 0. The highest BCUT2D eigenvalue weighted by Crippen LogP contribution is 2.33. The Morgan fingerprint density at radius 3 is 2.72 bits per heavy atom. The maximum Gasteiger partial charge on any atom is 0.159 e. The molecule has 3 nitrogen and oxygen atoms in total. The smallest absolute Gasteiger partial charge is 0.159 e. The zero-order valence-electron chi connectivity index (χ0n) is 10.3. The second-order valence-corrected chi connectivity index (χ2v) is 4.91. The Hall–Kier alpha value is -1.90. The van der Waals surface area contributed by atoms with E-state index in [2.05, 4.69) is 4.98 Å². The van der Waals surface area contributed by atoms with Crippen LogP contribution in [0.4, 0.5) is 5.69 Å². The Balaban J connectivity index is 1.95. The average Bonchev–Trinajstić information content (AvgIpc) is 2.93. The average molecular weight is 239 g/mol. The monoisotopic (exact) mass is 239 g/mol. The van der Waals surface area contributed by atoms with Crippen LogP contribution in [-0.4, -0.2) is 9.97 Å². The second kappa shape index (κ2) is 4.77. The van der Waals surface area contributed by atoms with Crippen molar-refractivity contribution < 1.29 is 0 Å². The van der Waals surface area contributed by atoms with Gasteiger partial charge in [0.2, 0.25) is 0 Å². The first kappa shape index (κ1) is 11.2. The van der Waals surface area contributed by atoms with E-state index in [1.165, 1.54) is 31.4 Å². The minimum absolute atomic E-state index is 0.618. The van der Waals surface area contributed by atoms with Gasteiger partial charge in [-0.25, -0.2) is 9.97 Å². The molecule has 2 aromatic rings. The van der Waals surface area contributed by atoms with Crippen LogP contribution in [0, 0.1) is 0 Å². The van der Waals surface area contributed by atoms with Gasteiger partial charge in [0.25, 0.3) is 0 Å². The first-order chi connectivity index (χ1) is 8.83. The molecule has 0 radical (unpaired) electrons. The van der Waals surface area contributed by atoms with Crippen LogP contribution >= 0.6 is 0 Å². The fraction of sp³-hybridized carbons (Fsp3) is 0.333. The number of anilines is 1. The highest BCUT2D eigenvalue weighted by atomic mass is 14.9. The van der Waals surface area contributed by atoms with E-state index in [9.17, 15) is 0 Å². The molecule has 1 aliphatic rings. The number of rotatable bonds is 2. The summed E-state index contributed by atoms with van der Waals surface area (Å²) in [5, 5.41) is 0. The lowest BCUT2D eigenvalue weighted by atomic mass is 10.0. The Morgan fingerprint density at radius 1 is 1.11 bits per heavy atom. The minimum atomic E-state index is 0.618. The molecule has 1 aliphatic carbocycles. The highest BCUT2D eigenvalue weighted by molar-refractivity contribution is 5.60. The van der Waals surface area contributed by atoms with Crippen molar-refractivity contribution in [1.29, 1.82) is 0 Å². The second-order valence-electron chi connectivity index (χ2n) is 4.91. The van der Waals surface area contributed by atoms with Gasteiger partial charge in [-0.05, 0) is 31.0 Å². The van der Waals surface area contributed by atoms with Crippen molar-refractivity contribution in [3.05, 3.63) is 42.2 Å². The van der Waals surface area contributed by atoms with Crippen LogP contribution in [0.3, 0.4) is 0 Å². The standard InChI is InChI=1S/C15H17N3/c16-13-7-3-6-12(10-13)15-17-9-8-14(18-15)11-4-1-2-5-11/h3,6-11H,1-2,4-5,16H2. The number of nitrogen functional groups attached to an aromatic ring is 1. The summed E-state index contributed by atoms with van der Waals surface area (Å²) in [5.74, 6) is 1.40. The van der Waals surface area contributed by atoms with Gasteiger partial charge < -0.3 is 5.73 Å². The Morgan fingerprint density at radius 2 is 1.94 bits per heavy atom. The van der Waals surface area contributed by atoms with Gasteiger partial charge in [0.15, 0.2) is 5.82 Å². The van der Waals surface area contributed by atoms with Crippen molar-refractivity contribution in [3.8, 4) is 11.4 Å². The topological polar surface area (TPSA) is 51.8 Å². The molecule has 0 unspecified atom stereocenters. The molecule has 0 atom stereocenters. The molecule has 3 rings (SSSR count). The molecular weight excluding hydrogens is 222 g/mol. The van der Waals surface area contributed by atoms with Gasteiger partial charge >= 0.3 is 0 Å². The quantitative estimate of drug-likeness (QED) is 0.817. The van der Waals surface area contributed by atoms with Gasteiger partial charge in [-0.15, -0.1) is 0 Å². The van der Waals surface area contributed by atoms with E-state index in [1.807, 2.05) is 36.5 Å². The third kappa shape index (κ3) is 2.21. The van der Waals surface area contributed by atoms with Crippen molar-refractivity contribution in [2.75, 3.05) is 5.73 Å². The number of nitrogens with two attached hydrogens (primary N) is 1. The highest BCUT2D eigenvalue weighted by Gasteiger charge is 2.18. The van der Waals surface area contributed by atoms with Gasteiger partial charge in [0.1, 0.15) is 0 Å². The van der Waals surface area contributed by atoms with E-state index in [4.69, 9.17) is 10.7 Å². The molecule has 92 valence electrons. The lowest BCUT2D eigenvalue weighted by molar-refractivity contribution is 0.695. The number of aromatic nitrogens is 2. The molecule has 0 saturated heterocycles. The van der Waals surface area contributed by atoms with Crippen LogP contribution in [0.2, 0.25) is 0 Å². The van der Waals surface area contributed by atoms with E-state index >= 15 is 0 Å². The van der Waals surface area contributed by atoms with Gasteiger partial charge in [-0.2, -0.15) is 0 Å². The summed E-state index contributed by atoms with van der Waals surface area (Å²) in [6, 6.07) is 9.80. The summed E-state index contributed by atoms with van der Waals surface area (Å²) in [5.41, 5.74) is 8.73. The Labute approximate surface area is 107 Å². The number of nitrogens with zero attached hydrogens (tertiary/aromatic N) is 2. The van der Waals surface area contributed by atoms with Crippen LogP contribution < -0.4 is 5.73 Å². The number of hydrogen-bond donors (Lipinski definition) is 1. The maximum absolute atomic E-state index is 5.80. The molecular formula is C15H17N3. The molecule has 3 heteroatoms. The zero-order valence-corrected chi connectivity index (χ0v) is 10.3. The summed E-state index contributed by atoms with van der Waals surface area (Å²) in [6.07, 6.45) is 7.02. The van der Waals surface area contributed by atoms with Crippen molar-refractivity contribution in [1.82, 2.24) is 9.97 Å². The molecule has 1 aromatic carbocycles. The molecule has 1 fully saturated rings. The fourth-order valence-electron chi connectivity index (χ4n) is 2.64. The molecule has 1 aromatic heterocycles. The zero-order chi connectivity index (χ0) is 12.4. The van der Waals surface area contributed by atoms with Gasteiger partial charge in [0, 0.05) is 29.1 Å². The predicted molar refractivity (Wildman–Crippen MR) is 73.1 cm³/mol. The molecule has 0 amide bonds. The first-order valence-corrected chi connectivity index (χ1v) is 6.52. The Kier molecular flexibility index (Phi) is 2.97. The van der Waals surface area contributed by atoms with E-state index < -0.39 is 0 Å². The van der Waals surface area contributed by atoms with Gasteiger partial charge in [-0.1, -0.05) is 25.0 Å². The van der Waals surface area contributed by atoms with E-state index in [0.717, 1.165) is 17.1 Å². The third-order valence-corrected chi connectivity index (χ3v) is 3.60. The molecule has 2 N–H and O–H groups in total. The molecule has 0 bridgehead atoms. The Bertz CT molecular complexity index is 545. The lowest BCUT2D eigenvalue weighted by Gasteiger charge is -2.09. The molecule has 0 spiro atoms. The summed E-state index contributed by atoms with van der Waals surface area (Å²) in [6.45, 7) is 0. The van der Waals surface area contributed by atoms with E-state index in [1.54, 1.807) is 0 Å². The predicted octanol–water partition coefficient (Wildman–Crippen LogP) is 3.38. The first-order valence-electron chi connectivity index (χ1n) is 6.52. The summed E-state index contributed by atoms with van der Waals surface area (Å²) in [4.78, 5) is 9.05. The van der Waals surface area contributed by atoms with Crippen LogP contribution in [0.15, 0.2) is 36.5 Å². The maximum atomic E-state index is 5.80. The molecule has 18 heavy (non-hydrogen) atoms. The third-order valence-electron chi connectivity index (χ3n) is 3.60. The fourth-order valence-corrected chi connectivity index (χ4v) is 2.64. The molecule has 0 aliphatic heterocycles. The van der Waals surface area contributed by atoms with Crippen LogP contribution in [0.5, 0.6) is 0 Å². The number of benzene rings is 1. The van der Waals surface area contributed by atoms with Gasteiger partial charge in [0.05, 0.1) is 0 Å². The molecule has 1 saturated carbocycles. The normalized spacial score (nSPS) is 16.0. The van der Waals surface area contributed by atoms with E-state index in [-0.39, 0.29) is 0 Å².